The first kappa shape index (κ1) is 13.1. The number of aryl methyl sites for hydroxylation is 1. The first-order valence-corrected chi connectivity index (χ1v) is 7.78. The molecule has 86 valence electrons. The molecule has 0 amide bonds. The second-order valence-electron chi connectivity index (χ2n) is 3.57. The van der Waals surface area contributed by atoms with Crippen molar-refractivity contribution in [2.24, 2.45) is 0 Å². The van der Waals surface area contributed by atoms with Crippen LogP contribution in [0.25, 0.3) is 0 Å². The zero-order chi connectivity index (χ0) is 12.2. The van der Waals surface area contributed by atoms with E-state index < -0.39 is 9.84 Å². The second kappa shape index (κ2) is 5.37. The Morgan fingerprint density at radius 1 is 1.44 bits per heavy atom. The Hall–Kier alpha value is -0.990. The van der Waals surface area contributed by atoms with Crippen LogP contribution >= 0.6 is 11.8 Å². The largest absolute Gasteiger partial charge is 0.229 e. The minimum atomic E-state index is -2.89. The molecule has 0 saturated heterocycles. The highest BCUT2D eigenvalue weighted by Crippen LogP contribution is 2.21. The molecule has 0 heterocycles. The third-order valence-electron chi connectivity index (χ3n) is 2.04. The van der Waals surface area contributed by atoms with Gasteiger partial charge in [0.25, 0.3) is 0 Å². The molecule has 0 spiro atoms. The van der Waals surface area contributed by atoms with Crippen molar-refractivity contribution < 1.29 is 8.42 Å². The van der Waals surface area contributed by atoms with E-state index in [0.29, 0.717) is 11.3 Å². The number of hydrogen-bond acceptors (Lipinski definition) is 4. The molecule has 0 aliphatic carbocycles. The number of hydrogen-bond donors (Lipinski definition) is 0. The molecule has 1 rings (SSSR count). The molecule has 0 aromatic heterocycles. The van der Waals surface area contributed by atoms with Gasteiger partial charge in [-0.2, -0.15) is 5.26 Å². The van der Waals surface area contributed by atoms with Crippen LogP contribution in [0.4, 0.5) is 0 Å². The lowest BCUT2D eigenvalue weighted by atomic mass is 10.1. The Bertz CT molecular complexity index is 515. The average molecular weight is 255 g/mol. The molecule has 0 radical (unpaired) electrons. The SMILES string of the molecule is Cc1cc(SCCS(C)(=O)=O)ccc1C#N. The van der Waals surface area contributed by atoms with Crippen molar-refractivity contribution in [1.29, 1.82) is 5.26 Å². The van der Waals surface area contributed by atoms with Gasteiger partial charge in [-0.25, -0.2) is 8.42 Å². The van der Waals surface area contributed by atoms with Crippen molar-refractivity contribution in [3.8, 4) is 6.07 Å². The number of thioether (sulfide) groups is 1. The Morgan fingerprint density at radius 2 is 2.12 bits per heavy atom. The molecular formula is C11H13NO2S2. The monoisotopic (exact) mass is 255 g/mol. The standard InChI is InChI=1S/C11H13NO2S2/c1-9-7-11(4-3-10(9)8-12)15-5-6-16(2,13)14/h3-4,7H,5-6H2,1-2H3. The lowest BCUT2D eigenvalue weighted by Gasteiger charge is -2.03. The van der Waals surface area contributed by atoms with Crippen molar-refractivity contribution in [3.05, 3.63) is 29.3 Å². The highest BCUT2D eigenvalue weighted by Gasteiger charge is 2.04. The van der Waals surface area contributed by atoms with Crippen LogP contribution in [0.3, 0.4) is 0 Å². The van der Waals surface area contributed by atoms with E-state index in [4.69, 9.17) is 5.26 Å². The van der Waals surface area contributed by atoms with Crippen LogP contribution in [0, 0.1) is 18.3 Å². The van der Waals surface area contributed by atoms with Crippen LogP contribution in [0.2, 0.25) is 0 Å². The van der Waals surface area contributed by atoms with E-state index in [9.17, 15) is 8.42 Å². The predicted octanol–water partition coefficient (Wildman–Crippen LogP) is 2.00. The zero-order valence-corrected chi connectivity index (χ0v) is 10.9. The van der Waals surface area contributed by atoms with Gasteiger partial charge < -0.3 is 0 Å². The smallest absolute Gasteiger partial charge is 0.148 e. The summed E-state index contributed by atoms with van der Waals surface area (Å²) in [6, 6.07) is 7.61. The Kier molecular flexibility index (Phi) is 4.39. The zero-order valence-electron chi connectivity index (χ0n) is 9.23. The van der Waals surface area contributed by atoms with E-state index in [1.807, 2.05) is 19.1 Å². The summed E-state index contributed by atoms with van der Waals surface area (Å²) in [6.45, 7) is 1.87. The van der Waals surface area contributed by atoms with E-state index in [1.54, 1.807) is 6.07 Å². The summed E-state index contributed by atoms with van der Waals surface area (Å²) in [7, 11) is -2.89. The molecule has 0 aliphatic rings. The molecule has 0 N–H and O–H groups in total. The number of benzene rings is 1. The molecule has 3 nitrogen and oxygen atoms in total. The van der Waals surface area contributed by atoms with Gasteiger partial charge in [0.05, 0.1) is 17.4 Å². The molecule has 0 unspecified atom stereocenters. The number of sulfone groups is 1. The van der Waals surface area contributed by atoms with Gasteiger partial charge in [0.2, 0.25) is 0 Å². The fourth-order valence-electron chi connectivity index (χ4n) is 1.16. The maximum Gasteiger partial charge on any atom is 0.148 e. The van der Waals surface area contributed by atoms with Gasteiger partial charge in [-0.05, 0) is 30.7 Å². The minimum Gasteiger partial charge on any atom is -0.229 e. The Morgan fingerprint density at radius 3 is 2.62 bits per heavy atom. The molecule has 1 aromatic carbocycles. The Labute approximate surface area is 100 Å². The van der Waals surface area contributed by atoms with Crippen molar-refractivity contribution in [2.75, 3.05) is 17.8 Å². The quantitative estimate of drug-likeness (QED) is 0.772. The van der Waals surface area contributed by atoms with Gasteiger partial charge in [0, 0.05) is 16.9 Å². The summed E-state index contributed by atoms with van der Waals surface area (Å²) in [5, 5.41) is 8.76. The van der Waals surface area contributed by atoms with E-state index in [-0.39, 0.29) is 5.75 Å². The Balaban J connectivity index is 2.63. The molecular weight excluding hydrogens is 242 g/mol. The van der Waals surface area contributed by atoms with E-state index in [0.717, 1.165) is 10.5 Å². The summed E-state index contributed by atoms with van der Waals surface area (Å²) in [5.41, 5.74) is 1.58. The molecule has 1 aromatic rings. The van der Waals surface area contributed by atoms with Crippen LogP contribution in [0.1, 0.15) is 11.1 Å². The third kappa shape index (κ3) is 4.25. The lowest BCUT2D eigenvalue weighted by molar-refractivity contribution is 0.603. The van der Waals surface area contributed by atoms with Gasteiger partial charge in [0.1, 0.15) is 9.84 Å². The average Bonchev–Trinajstić information content (AvgIpc) is 2.16. The summed E-state index contributed by atoms with van der Waals surface area (Å²) >= 11 is 1.49. The van der Waals surface area contributed by atoms with E-state index in [1.165, 1.54) is 18.0 Å². The molecule has 16 heavy (non-hydrogen) atoms. The van der Waals surface area contributed by atoms with Crippen molar-refractivity contribution in [3.63, 3.8) is 0 Å². The number of nitrogens with zero attached hydrogens (tertiary/aromatic N) is 1. The summed E-state index contributed by atoms with van der Waals surface area (Å²) < 4.78 is 21.9. The lowest BCUT2D eigenvalue weighted by Crippen LogP contribution is -2.04. The van der Waals surface area contributed by atoms with Crippen LogP contribution < -0.4 is 0 Å². The highest BCUT2D eigenvalue weighted by atomic mass is 32.2. The van der Waals surface area contributed by atoms with Gasteiger partial charge in [-0.1, -0.05) is 0 Å². The van der Waals surface area contributed by atoms with Crippen LogP contribution in [0.15, 0.2) is 23.1 Å². The van der Waals surface area contributed by atoms with Crippen LogP contribution in [-0.2, 0) is 9.84 Å². The summed E-state index contributed by atoms with van der Waals surface area (Å²) in [6.07, 6.45) is 1.23. The first-order valence-electron chi connectivity index (χ1n) is 4.73. The fourth-order valence-corrected chi connectivity index (χ4v) is 3.37. The summed E-state index contributed by atoms with van der Waals surface area (Å²) in [5.74, 6) is 0.723. The topological polar surface area (TPSA) is 57.9 Å². The van der Waals surface area contributed by atoms with Gasteiger partial charge in [0.15, 0.2) is 0 Å². The number of rotatable bonds is 4. The third-order valence-corrected chi connectivity index (χ3v) is 4.24. The normalized spacial score (nSPS) is 11.1. The maximum atomic E-state index is 10.9. The minimum absolute atomic E-state index is 0.177. The molecule has 0 saturated carbocycles. The van der Waals surface area contributed by atoms with Crippen molar-refractivity contribution in [2.45, 2.75) is 11.8 Å². The van der Waals surface area contributed by atoms with E-state index >= 15 is 0 Å². The number of nitriles is 1. The van der Waals surface area contributed by atoms with Crippen molar-refractivity contribution in [1.82, 2.24) is 0 Å². The van der Waals surface area contributed by atoms with Crippen LogP contribution in [-0.4, -0.2) is 26.2 Å². The van der Waals surface area contributed by atoms with Gasteiger partial charge in [-0.3, -0.25) is 0 Å². The van der Waals surface area contributed by atoms with Gasteiger partial charge in [-0.15, -0.1) is 11.8 Å². The fraction of sp³-hybridized carbons (Fsp3) is 0.364. The van der Waals surface area contributed by atoms with Crippen LogP contribution in [0.5, 0.6) is 0 Å². The summed E-state index contributed by atoms with van der Waals surface area (Å²) in [4.78, 5) is 1.00. The molecule has 0 atom stereocenters. The maximum absolute atomic E-state index is 10.9. The molecule has 0 aliphatic heterocycles. The van der Waals surface area contributed by atoms with Gasteiger partial charge >= 0.3 is 0 Å². The highest BCUT2D eigenvalue weighted by molar-refractivity contribution is 8.00. The second-order valence-corrected chi connectivity index (χ2v) is 6.99. The predicted molar refractivity (Wildman–Crippen MR) is 66.3 cm³/mol. The molecule has 5 heteroatoms. The van der Waals surface area contributed by atoms with E-state index in [2.05, 4.69) is 6.07 Å². The first-order chi connectivity index (χ1) is 7.42. The van der Waals surface area contributed by atoms with Crippen molar-refractivity contribution >= 4 is 21.6 Å². The molecule has 0 fully saturated rings. The molecule has 0 bridgehead atoms.